The Hall–Kier alpha value is -0.810. The van der Waals surface area contributed by atoms with Crippen LogP contribution in [0.25, 0.3) is 0 Å². The van der Waals surface area contributed by atoms with Crippen molar-refractivity contribution in [1.29, 1.82) is 0 Å². The van der Waals surface area contributed by atoms with E-state index in [1.54, 1.807) is 0 Å². The molecule has 0 aliphatic carbocycles. The van der Waals surface area contributed by atoms with Crippen molar-refractivity contribution in [2.24, 2.45) is 16.8 Å². The molecule has 0 saturated carbocycles. The maximum absolute atomic E-state index is 8.51. The number of nitrogens with zero attached hydrogens (tertiary/aromatic N) is 2. The van der Waals surface area contributed by atoms with Crippen LogP contribution in [-0.4, -0.2) is 48.8 Å². The second kappa shape index (κ2) is 6.70. The highest BCUT2D eigenvalue weighted by Gasteiger charge is 2.19. The average molecular weight is 229 g/mol. The zero-order valence-electron chi connectivity index (χ0n) is 10.2. The molecule has 1 saturated heterocycles. The van der Waals surface area contributed by atoms with Gasteiger partial charge in [-0.1, -0.05) is 5.16 Å². The summed E-state index contributed by atoms with van der Waals surface area (Å²) in [5, 5.41) is 11.5. The van der Waals surface area contributed by atoms with Crippen molar-refractivity contribution in [3.63, 3.8) is 0 Å². The lowest BCUT2D eigenvalue weighted by atomic mass is 9.99. The van der Waals surface area contributed by atoms with Gasteiger partial charge in [0, 0.05) is 32.2 Å². The molecule has 5 nitrogen and oxygen atoms in total. The van der Waals surface area contributed by atoms with E-state index in [-0.39, 0.29) is 0 Å². The molecule has 0 bridgehead atoms. The molecule has 1 heterocycles. The SMILES string of the molecule is CC(CC(N)=NO)N(C)CC1CCOCC1. The number of ether oxygens (including phenoxy) is 1. The summed E-state index contributed by atoms with van der Waals surface area (Å²) in [5.74, 6) is 1.01. The van der Waals surface area contributed by atoms with Gasteiger partial charge in [-0.25, -0.2) is 0 Å². The van der Waals surface area contributed by atoms with Gasteiger partial charge in [0.1, 0.15) is 5.84 Å². The number of hydrogen-bond donors (Lipinski definition) is 2. The van der Waals surface area contributed by atoms with E-state index < -0.39 is 0 Å². The van der Waals surface area contributed by atoms with Crippen molar-refractivity contribution in [3.8, 4) is 0 Å². The third-order valence-electron chi connectivity index (χ3n) is 3.27. The summed E-state index contributed by atoms with van der Waals surface area (Å²) >= 11 is 0. The van der Waals surface area contributed by atoms with Crippen molar-refractivity contribution in [2.45, 2.75) is 32.2 Å². The van der Waals surface area contributed by atoms with E-state index in [2.05, 4.69) is 24.0 Å². The molecule has 1 aliphatic heterocycles. The van der Waals surface area contributed by atoms with Crippen LogP contribution >= 0.6 is 0 Å². The quantitative estimate of drug-likeness (QED) is 0.317. The van der Waals surface area contributed by atoms with Crippen molar-refractivity contribution >= 4 is 5.84 Å². The minimum absolute atomic E-state index is 0.298. The molecular formula is C11H23N3O2. The molecular weight excluding hydrogens is 206 g/mol. The predicted molar refractivity (Wildman–Crippen MR) is 63.7 cm³/mol. The molecule has 0 radical (unpaired) electrons. The fourth-order valence-electron chi connectivity index (χ4n) is 2.02. The molecule has 1 aliphatic rings. The van der Waals surface area contributed by atoms with Gasteiger partial charge >= 0.3 is 0 Å². The zero-order chi connectivity index (χ0) is 12.0. The predicted octanol–water partition coefficient (Wildman–Crippen LogP) is 0.870. The first-order valence-corrected chi connectivity index (χ1v) is 5.88. The summed E-state index contributed by atoms with van der Waals surface area (Å²) in [4.78, 5) is 2.27. The molecule has 0 spiro atoms. The lowest BCUT2D eigenvalue weighted by Crippen LogP contribution is -2.37. The monoisotopic (exact) mass is 229 g/mol. The van der Waals surface area contributed by atoms with E-state index in [1.165, 1.54) is 0 Å². The van der Waals surface area contributed by atoms with Gasteiger partial charge in [-0.2, -0.15) is 0 Å². The van der Waals surface area contributed by atoms with Crippen molar-refractivity contribution < 1.29 is 9.94 Å². The van der Waals surface area contributed by atoms with Gasteiger partial charge in [-0.3, -0.25) is 0 Å². The molecule has 0 aromatic heterocycles. The van der Waals surface area contributed by atoms with Crippen LogP contribution in [0.3, 0.4) is 0 Å². The first-order chi connectivity index (χ1) is 7.63. The molecule has 1 atom stereocenters. The van der Waals surface area contributed by atoms with Crippen molar-refractivity contribution in [1.82, 2.24) is 4.90 Å². The van der Waals surface area contributed by atoms with Crippen molar-refractivity contribution in [2.75, 3.05) is 26.8 Å². The van der Waals surface area contributed by atoms with E-state index in [4.69, 9.17) is 15.7 Å². The summed E-state index contributed by atoms with van der Waals surface area (Å²) in [6.45, 7) is 4.92. The Labute approximate surface area is 97.2 Å². The highest BCUT2D eigenvalue weighted by molar-refractivity contribution is 5.80. The minimum atomic E-state index is 0.298. The van der Waals surface area contributed by atoms with Gasteiger partial charge in [0.15, 0.2) is 0 Å². The third kappa shape index (κ3) is 4.37. The number of rotatable bonds is 5. The van der Waals surface area contributed by atoms with Gasteiger partial charge in [-0.05, 0) is 32.7 Å². The summed E-state index contributed by atoms with van der Waals surface area (Å²) in [5.41, 5.74) is 5.50. The van der Waals surface area contributed by atoms with Gasteiger partial charge in [0.25, 0.3) is 0 Å². The first-order valence-electron chi connectivity index (χ1n) is 5.88. The summed E-state index contributed by atoms with van der Waals surface area (Å²) in [6.07, 6.45) is 2.89. The summed E-state index contributed by atoms with van der Waals surface area (Å²) in [6, 6.07) is 0.304. The second-order valence-corrected chi connectivity index (χ2v) is 4.64. The maximum Gasteiger partial charge on any atom is 0.140 e. The first kappa shape index (κ1) is 13.3. The highest BCUT2D eigenvalue weighted by Crippen LogP contribution is 2.17. The molecule has 5 heteroatoms. The van der Waals surface area contributed by atoms with Crippen LogP contribution in [0.2, 0.25) is 0 Å². The van der Waals surface area contributed by atoms with Crippen LogP contribution in [-0.2, 0) is 4.74 Å². The number of hydrogen-bond acceptors (Lipinski definition) is 4. The lowest BCUT2D eigenvalue weighted by Gasteiger charge is -2.30. The standard InChI is InChI=1S/C11H23N3O2/c1-9(7-11(12)13-15)14(2)8-10-3-5-16-6-4-10/h9-10,15H,3-8H2,1-2H3,(H2,12,13). The Morgan fingerprint density at radius 1 is 1.56 bits per heavy atom. The Kier molecular flexibility index (Phi) is 5.55. The van der Waals surface area contributed by atoms with Gasteiger partial charge < -0.3 is 20.6 Å². The maximum atomic E-state index is 8.51. The number of oxime groups is 1. The molecule has 0 aromatic rings. The van der Waals surface area contributed by atoms with E-state index in [0.29, 0.717) is 24.2 Å². The normalized spacial score (nSPS) is 21.3. The van der Waals surface area contributed by atoms with E-state index in [0.717, 1.165) is 32.6 Å². The van der Waals surface area contributed by atoms with Gasteiger partial charge in [0.2, 0.25) is 0 Å². The molecule has 3 N–H and O–H groups in total. The molecule has 16 heavy (non-hydrogen) atoms. The van der Waals surface area contributed by atoms with Crippen LogP contribution < -0.4 is 5.73 Å². The summed E-state index contributed by atoms with van der Waals surface area (Å²) in [7, 11) is 2.09. The topological polar surface area (TPSA) is 71.1 Å². The van der Waals surface area contributed by atoms with Gasteiger partial charge in [-0.15, -0.1) is 0 Å². The molecule has 0 aromatic carbocycles. The smallest absolute Gasteiger partial charge is 0.140 e. The Bertz CT molecular complexity index is 227. The zero-order valence-corrected chi connectivity index (χ0v) is 10.2. The Morgan fingerprint density at radius 2 is 2.19 bits per heavy atom. The third-order valence-corrected chi connectivity index (χ3v) is 3.27. The highest BCUT2D eigenvalue weighted by atomic mass is 16.5. The van der Waals surface area contributed by atoms with Crippen LogP contribution in [0.5, 0.6) is 0 Å². The fourth-order valence-corrected chi connectivity index (χ4v) is 2.02. The second-order valence-electron chi connectivity index (χ2n) is 4.64. The van der Waals surface area contributed by atoms with Crippen LogP contribution in [0.15, 0.2) is 5.16 Å². The summed E-state index contributed by atoms with van der Waals surface area (Å²) < 4.78 is 5.33. The number of amidine groups is 1. The fraction of sp³-hybridized carbons (Fsp3) is 0.909. The molecule has 1 fully saturated rings. The molecule has 94 valence electrons. The largest absolute Gasteiger partial charge is 0.409 e. The van der Waals surface area contributed by atoms with E-state index in [1.807, 2.05) is 0 Å². The number of nitrogens with two attached hydrogens (primary N) is 1. The van der Waals surface area contributed by atoms with Gasteiger partial charge in [0.05, 0.1) is 0 Å². The lowest BCUT2D eigenvalue weighted by molar-refractivity contribution is 0.0517. The van der Waals surface area contributed by atoms with Crippen LogP contribution in [0.1, 0.15) is 26.2 Å². The average Bonchev–Trinajstić information content (AvgIpc) is 2.30. The van der Waals surface area contributed by atoms with Crippen LogP contribution in [0.4, 0.5) is 0 Å². The Balaban J connectivity index is 2.29. The molecule has 1 unspecified atom stereocenters. The Morgan fingerprint density at radius 3 is 2.75 bits per heavy atom. The van der Waals surface area contributed by atoms with Crippen LogP contribution in [0, 0.1) is 5.92 Å². The minimum Gasteiger partial charge on any atom is -0.409 e. The van der Waals surface area contributed by atoms with E-state index >= 15 is 0 Å². The molecule has 0 amide bonds. The molecule has 1 rings (SSSR count). The van der Waals surface area contributed by atoms with Crippen molar-refractivity contribution in [3.05, 3.63) is 0 Å². The van der Waals surface area contributed by atoms with E-state index in [9.17, 15) is 0 Å².